The van der Waals surface area contributed by atoms with Gasteiger partial charge in [-0.3, -0.25) is 0 Å². The van der Waals surface area contributed by atoms with Gasteiger partial charge in [0.05, 0.1) is 12.1 Å². The van der Waals surface area contributed by atoms with Crippen LogP contribution in [0.15, 0.2) is 24.3 Å². The van der Waals surface area contributed by atoms with Gasteiger partial charge in [0, 0.05) is 6.04 Å². The van der Waals surface area contributed by atoms with Crippen LogP contribution in [-0.2, 0) is 0 Å². The molecular formula is C14H18ClNO. The van der Waals surface area contributed by atoms with Crippen molar-refractivity contribution in [2.75, 3.05) is 7.11 Å². The van der Waals surface area contributed by atoms with Crippen molar-refractivity contribution >= 4 is 17.2 Å². The molecule has 0 radical (unpaired) electrons. The van der Waals surface area contributed by atoms with Gasteiger partial charge < -0.3 is 10.5 Å². The summed E-state index contributed by atoms with van der Waals surface area (Å²) in [6.07, 6.45) is 6.73. The van der Waals surface area contributed by atoms with Crippen LogP contribution in [0.1, 0.15) is 31.2 Å². The summed E-state index contributed by atoms with van der Waals surface area (Å²) in [5, 5.41) is 0.648. The van der Waals surface area contributed by atoms with Crippen LogP contribution in [0.25, 0.3) is 5.57 Å². The lowest BCUT2D eigenvalue weighted by Gasteiger charge is -2.10. The molecule has 0 bridgehead atoms. The fraction of sp³-hybridized carbons (Fsp3) is 0.429. The van der Waals surface area contributed by atoms with E-state index in [0.717, 1.165) is 18.6 Å². The van der Waals surface area contributed by atoms with E-state index in [0.29, 0.717) is 5.02 Å². The van der Waals surface area contributed by atoms with E-state index < -0.39 is 0 Å². The predicted molar refractivity (Wildman–Crippen MR) is 72.4 cm³/mol. The molecule has 0 saturated heterocycles. The molecule has 0 aromatic heterocycles. The third-order valence-corrected chi connectivity index (χ3v) is 3.48. The van der Waals surface area contributed by atoms with Crippen LogP contribution in [0.5, 0.6) is 5.75 Å². The lowest BCUT2D eigenvalue weighted by molar-refractivity contribution is 0.415. The van der Waals surface area contributed by atoms with Crippen molar-refractivity contribution in [3.8, 4) is 5.75 Å². The van der Waals surface area contributed by atoms with E-state index in [-0.39, 0.29) is 6.04 Å². The zero-order valence-electron chi connectivity index (χ0n) is 10.1. The van der Waals surface area contributed by atoms with Crippen LogP contribution in [0, 0.1) is 0 Å². The maximum absolute atomic E-state index is 6.03. The van der Waals surface area contributed by atoms with E-state index in [1.165, 1.54) is 24.0 Å². The van der Waals surface area contributed by atoms with Crippen LogP contribution < -0.4 is 10.5 Å². The van der Waals surface area contributed by atoms with Crippen LogP contribution in [0.2, 0.25) is 5.02 Å². The molecule has 2 N–H and O–H groups in total. The minimum atomic E-state index is 0.175. The fourth-order valence-corrected chi connectivity index (χ4v) is 2.42. The molecule has 1 aliphatic carbocycles. The van der Waals surface area contributed by atoms with Gasteiger partial charge in [-0.25, -0.2) is 0 Å². The number of allylic oxidation sites excluding steroid dienone is 1. The SMILES string of the molecule is COc1cc(C2=CC(N)CCCC2)ccc1Cl. The number of halogens is 1. The maximum Gasteiger partial charge on any atom is 0.138 e. The van der Waals surface area contributed by atoms with Crippen molar-refractivity contribution in [1.82, 2.24) is 0 Å². The van der Waals surface area contributed by atoms with Crippen molar-refractivity contribution in [1.29, 1.82) is 0 Å². The molecule has 1 unspecified atom stereocenters. The number of hydrogen-bond donors (Lipinski definition) is 1. The Morgan fingerprint density at radius 1 is 1.35 bits per heavy atom. The average molecular weight is 252 g/mol. The number of ether oxygens (including phenoxy) is 1. The van der Waals surface area contributed by atoms with Gasteiger partial charge in [-0.2, -0.15) is 0 Å². The number of benzene rings is 1. The van der Waals surface area contributed by atoms with E-state index in [1.54, 1.807) is 7.11 Å². The summed E-state index contributed by atoms with van der Waals surface area (Å²) >= 11 is 6.03. The molecule has 17 heavy (non-hydrogen) atoms. The predicted octanol–water partition coefficient (Wildman–Crippen LogP) is 3.63. The van der Waals surface area contributed by atoms with Gasteiger partial charge in [0.1, 0.15) is 5.75 Å². The zero-order valence-corrected chi connectivity index (χ0v) is 10.8. The molecule has 1 aromatic carbocycles. The van der Waals surface area contributed by atoms with Crippen molar-refractivity contribution in [2.45, 2.75) is 31.7 Å². The van der Waals surface area contributed by atoms with Gasteiger partial charge in [-0.15, -0.1) is 0 Å². The summed E-state index contributed by atoms with van der Waals surface area (Å²) in [7, 11) is 1.64. The number of nitrogens with two attached hydrogens (primary N) is 1. The summed E-state index contributed by atoms with van der Waals surface area (Å²) in [5.41, 5.74) is 8.51. The Kier molecular flexibility index (Phi) is 4.08. The van der Waals surface area contributed by atoms with Crippen LogP contribution in [0.3, 0.4) is 0 Å². The molecule has 0 aliphatic heterocycles. The first-order valence-corrected chi connectivity index (χ1v) is 6.38. The molecule has 2 nitrogen and oxygen atoms in total. The maximum atomic E-state index is 6.03. The zero-order chi connectivity index (χ0) is 12.3. The first-order chi connectivity index (χ1) is 8.20. The Labute approximate surface area is 107 Å². The normalized spacial score (nSPS) is 20.6. The van der Waals surface area contributed by atoms with Gasteiger partial charge in [0.25, 0.3) is 0 Å². The summed E-state index contributed by atoms with van der Waals surface area (Å²) in [4.78, 5) is 0. The summed E-state index contributed by atoms with van der Waals surface area (Å²) in [5.74, 6) is 0.725. The monoisotopic (exact) mass is 251 g/mol. The first-order valence-electron chi connectivity index (χ1n) is 6.01. The minimum absolute atomic E-state index is 0.175. The van der Waals surface area contributed by atoms with Gasteiger partial charge in [-0.1, -0.05) is 30.2 Å². The Morgan fingerprint density at radius 3 is 2.94 bits per heavy atom. The first kappa shape index (κ1) is 12.5. The van der Waals surface area contributed by atoms with Crippen LogP contribution in [0.4, 0.5) is 0 Å². The largest absolute Gasteiger partial charge is 0.495 e. The second-order valence-corrected chi connectivity index (χ2v) is 4.86. The van der Waals surface area contributed by atoms with Crippen molar-refractivity contribution in [2.24, 2.45) is 5.73 Å². The third-order valence-electron chi connectivity index (χ3n) is 3.17. The highest BCUT2D eigenvalue weighted by molar-refractivity contribution is 6.32. The summed E-state index contributed by atoms with van der Waals surface area (Å²) in [6.45, 7) is 0. The van der Waals surface area contributed by atoms with Gasteiger partial charge in [-0.05, 0) is 42.5 Å². The molecule has 0 spiro atoms. The molecule has 1 aliphatic rings. The number of hydrogen-bond acceptors (Lipinski definition) is 2. The van der Waals surface area contributed by atoms with E-state index in [2.05, 4.69) is 6.08 Å². The van der Waals surface area contributed by atoms with E-state index in [9.17, 15) is 0 Å². The molecular weight excluding hydrogens is 234 g/mol. The molecule has 1 aromatic rings. The fourth-order valence-electron chi connectivity index (χ4n) is 2.22. The minimum Gasteiger partial charge on any atom is -0.495 e. The highest BCUT2D eigenvalue weighted by Gasteiger charge is 2.11. The molecule has 0 fully saturated rings. The highest BCUT2D eigenvalue weighted by Crippen LogP contribution is 2.31. The Hall–Kier alpha value is -0.990. The Morgan fingerprint density at radius 2 is 2.18 bits per heavy atom. The third kappa shape index (κ3) is 3.02. The molecule has 0 amide bonds. The van der Waals surface area contributed by atoms with Crippen molar-refractivity contribution < 1.29 is 4.74 Å². The van der Waals surface area contributed by atoms with Crippen LogP contribution in [-0.4, -0.2) is 13.2 Å². The summed E-state index contributed by atoms with van der Waals surface area (Å²) in [6, 6.07) is 6.09. The topological polar surface area (TPSA) is 35.2 Å². The van der Waals surface area contributed by atoms with Crippen LogP contribution >= 0.6 is 11.6 Å². The van der Waals surface area contributed by atoms with Gasteiger partial charge in [0.15, 0.2) is 0 Å². The van der Waals surface area contributed by atoms with Gasteiger partial charge >= 0.3 is 0 Å². The van der Waals surface area contributed by atoms with E-state index in [4.69, 9.17) is 22.1 Å². The van der Waals surface area contributed by atoms with Crippen molar-refractivity contribution in [3.63, 3.8) is 0 Å². The molecule has 0 saturated carbocycles. The second kappa shape index (κ2) is 5.56. The standard InChI is InChI=1S/C14H18ClNO/c1-17-14-9-11(6-7-13(14)15)10-4-2-3-5-12(16)8-10/h6-9,12H,2-5,16H2,1H3. The van der Waals surface area contributed by atoms with Crippen molar-refractivity contribution in [3.05, 3.63) is 34.9 Å². The molecule has 92 valence electrons. The quantitative estimate of drug-likeness (QED) is 0.871. The number of methoxy groups -OCH3 is 1. The Bertz CT molecular complexity index is 428. The van der Waals surface area contributed by atoms with Gasteiger partial charge in [0.2, 0.25) is 0 Å². The Balaban J connectivity index is 2.32. The average Bonchev–Trinajstić information content (AvgIpc) is 2.54. The number of rotatable bonds is 2. The summed E-state index contributed by atoms with van der Waals surface area (Å²) < 4.78 is 5.24. The lowest BCUT2D eigenvalue weighted by atomic mass is 10.0. The molecule has 2 rings (SSSR count). The highest BCUT2D eigenvalue weighted by atomic mass is 35.5. The van der Waals surface area contributed by atoms with E-state index >= 15 is 0 Å². The second-order valence-electron chi connectivity index (χ2n) is 4.45. The van der Waals surface area contributed by atoms with E-state index in [1.807, 2.05) is 18.2 Å². The molecule has 0 heterocycles. The smallest absolute Gasteiger partial charge is 0.138 e. The lowest BCUT2D eigenvalue weighted by Crippen LogP contribution is -2.15. The molecule has 3 heteroatoms. The molecule has 1 atom stereocenters.